The summed E-state index contributed by atoms with van der Waals surface area (Å²) in [6, 6.07) is 19.2. The summed E-state index contributed by atoms with van der Waals surface area (Å²) in [4.78, 5) is 0. The molecule has 20 heavy (non-hydrogen) atoms. The van der Waals surface area contributed by atoms with Gasteiger partial charge in [0.25, 0.3) is 0 Å². The van der Waals surface area contributed by atoms with Gasteiger partial charge in [-0.05, 0) is 36.5 Å². The maximum absolute atomic E-state index is 9.72. The van der Waals surface area contributed by atoms with Crippen LogP contribution in [0.25, 0.3) is 0 Å². The highest BCUT2D eigenvalue weighted by molar-refractivity contribution is 5.45. The van der Waals surface area contributed by atoms with Gasteiger partial charge in [0.2, 0.25) is 0 Å². The Morgan fingerprint density at radius 1 is 1.20 bits per heavy atom. The monoisotopic (exact) mass is 262 g/mol. The van der Waals surface area contributed by atoms with E-state index in [1.54, 1.807) is 0 Å². The van der Waals surface area contributed by atoms with Crippen LogP contribution in [-0.4, -0.2) is 0 Å². The molecule has 0 radical (unpaired) electrons. The molecule has 0 aliphatic heterocycles. The number of nitrogens with one attached hydrogen (secondary N) is 1. The highest BCUT2D eigenvalue weighted by atomic mass is 15.0. The van der Waals surface area contributed by atoms with Crippen LogP contribution in [0.1, 0.15) is 28.7 Å². The van der Waals surface area contributed by atoms with Crippen LogP contribution in [0.4, 0.5) is 0 Å². The maximum Gasteiger partial charge on any atom is 0.133 e. The van der Waals surface area contributed by atoms with E-state index in [1.807, 2.05) is 18.2 Å². The molecule has 1 aliphatic rings. The lowest BCUT2D eigenvalue weighted by Crippen LogP contribution is -2.38. The first-order chi connectivity index (χ1) is 9.73. The van der Waals surface area contributed by atoms with Crippen molar-refractivity contribution < 1.29 is 0 Å². The third-order valence-electron chi connectivity index (χ3n) is 4.12. The van der Waals surface area contributed by atoms with Gasteiger partial charge in [0.1, 0.15) is 5.54 Å². The third-order valence-corrected chi connectivity index (χ3v) is 4.12. The minimum absolute atomic E-state index is 0.531. The normalized spacial score (nSPS) is 20.4. The molecule has 0 saturated heterocycles. The van der Waals surface area contributed by atoms with E-state index in [9.17, 15) is 5.26 Å². The van der Waals surface area contributed by atoms with E-state index in [-0.39, 0.29) is 0 Å². The lowest BCUT2D eigenvalue weighted by Gasteiger charge is -2.24. The summed E-state index contributed by atoms with van der Waals surface area (Å²) >= 11 is 0. The summed E-state index contributed by atoms with van der Waals surface area (Å²) in [6.45, 7) is 2.81. The van der Waals surface area contributed by atoms with Crippen molar-refractivity contribution in [3.05, 3.63) is 70.8 Å². The summed E-state index contributed by atoms with van der Waals surface area (Å²) in [5.74, 6) is 0. The molecule has 2 nitrogen and oxygen atoms in total. The van der Waals surface area contributed by atoms with Gasteiger partial charge in [-0.2, -0.15) is 5.26 Å². The van der Waals surface area contributed by atoms with Gasteiger partial charge >= 0.3 is 0 Å². The lowest BCUT2D eigenvalue weighted by molar-refractivity contribution is 0.422. The van der Waals surface area contributed by atoms with Gasteiger partial charge in [0.05, 0.1) is 6.07 Å². The Bertz CT molecular complexity index is 655. The van der Waals surface area contributed by atoms with Crippen molar-refractivity contribution in [2.75, 3.05) is 0 Å². The highest BCUT2D eigenvalue weighted by Crippen LogP contribution is 2.37. The molecule has 1 N–H and O–H groups in total. The molecule has 3 rings (SSSR count). The molecule has 0 spiro atoms. The van der Waals surface area contributed by atoms with E-state index in [2.05, 4.69) is 48.6 Å². The molecule has 0 bridgehead atoms. The van der Waals surface area contributed by atoms with Crippen LogP contribution in [0, 0.1) is 18.3 Å². The Balaban J connectivity index is 1.88. The van der Waals surface area contributed by atoms with Crippen molar-refractivity contribution in [3.8, 4) is 6.07 Å². The van der Waals surface area contributed by atoms with E-state index >= 15 is 0 Å². The van der Waals surface area contributed by atoms with Crippen LogP contribution in [0.3, 0.4) is 0 Å². The molecular weight excluding hydrogens is 244 g/mol. The van der Waals surface area contributed by atoms with Gasteiger partial charge in [-0.25, -0.2) is 0 Å². The second-order valence-electron chi connectivity index (χ2n) is 5.52. The number of hydrogen-bond donors (Lipinski definition) is 1. The Morgan fingerprint density at radius 3 is 2.75 bits per heavy atom. The van der Waals surface area contributed by atoms with E-state index in [1.165, 1.54) is 16.7 Å². The van der Waals surface area contributed by atoms with Crippen molar-refractivity contribution in [2.45, 2.75) is 31.8 Å². The number of aryl methyl sites for hydroxylation is 2. The number of hydrogen-bond acceptors (Lipinski definition) is 2. The molecule has 0 heterocycles. The molecular formula is C18H18N2. The fraction of sp³-hybridized carbons (Fsp3) is 0.278. The van der Waals surface area contributed by atoms with Crippen LogP contribution in [-0.2, 0) is 18.5 Å². The summed E-state index contributed by atoms with van der Waals surface area (Å²) in [5, 5.41) is 13.2. The van der Waals surface area contributed by atoms with Crippen molar-refractivity contribution in [1.82, 2.24) is 5.32 Å². The second kappa shape index (κ2) is 5.11. The summed E-state index contributed by atoms with van der Waals surface area (Å²) in [5.41, 5.74) is 4.36. The molecule has 0 aromatic heterocycles. The van der Waals surface area contributed by atoms with Crippen molar-refractivity contribution in [2.24, 2.45) is 0 Å². The number of nitrogens with zero attached hydrogens (tertiary/aromatic N) is 1. The molecule has 2 aromatic rings. The van der Waals surface area contributed by atoms with Crippen LogP contribution >= 0.6 is 0 Å². The topological polar surface area (TPSA) is 35.8 Å². The van der Waals surface area contributed by atoms with Crippen LogP contribution in [0.15, 0.2) is 48.5 Å². The predicted molar refractivity (Wildman–Crippen MR) is 80.1 cm³/mol. The molecule has 0 fully saturated rings. The number of fused-ring (bicyclic) bond motifs is 1. The lowest BCUT2D eigenvalue weighted by atomic mass is 9.92. The Kier molecular flexibility index (Phi) is 3.30. The molecule has 2 heteroatoms. The number of nitriles is 1. The van der Waals surface area contributed by atoms with Gasteiger partial charge in [-0.3, -0.25) is 5.32 Å². The zero-order valence-electron chi connectivity index (χ0n) is 11.7. The fourth-order valence-electron chi connectivity index (χ4n) is 2.95. The van der Waals surface area contributed by atoms with Gasteiger partial charge in [0.15, 0.2) is 0 Å². The maximum atomic E-state index is 9.72. The summed E-state index contributed by atoms with van der Waals surface area (Å²) in [6.07, 6.45) is 1.83. The first-order valence-corrected chi connectivity index (χ1v) is 7.04. The van der Waals surface area contributed by atoms with E-state index < -0.39 is 5.54 Å². The minimum atomic E-state index is -0.531. The van der Waals surface area contributed by atoms with Crippen molar-refractivity contribution in [1.29, 1.82) is 5.26 Å². The van der Waals surface area contributed by atoms with Crippen LogP contribution in [0.5, 0.6) is 0 Å². The van der Waals surface area contributed by atoms with Gasteiger partial charge in [0, 0.05) is 6.54 Å². The minimum Gasteiger partial charge on any atom is -0.292 e. The summed E-state index contributed by atoms with van der Waals surface area (Å²) in [7, 11) is 0. The molecule has 0 saturated carbocycles. The first-order valence-electron chi connectivity index (χ1n) is 7.04. The molecule has 1 unspecified atom stereocenters. The SMILES string of the molecule is Cc1ccc2c(c1)C(C#N)(NCc1ccccc1)CC2. The number of benzene rings is 2. The second-order valence-corrected chi connectivity index (χ2v) is 5.52. The zero-order valence-corrected chi connectivity index (χ0v) is 11.7. The zero-order chi connectivity index (χ0) is 14.0. The van der Waals surface area contributed by atoms with E-state index in [0.29, 0.717) is 0 Å². The first kappa shape index (κ1) is 12.9. The third kappa shape index (κ3) is 2.21. The fourth-order valence-corrected chi connectivity index (χ4v) is 2.95. The largest absolute Gasteiger partial charge is 0.292 e. The Morgan fingerprint density at radius 2 is 2.00 bits per heavy atom. The smallest absolute Gasteiger partial charge is 0.133 e. The Labute approximate surface area is 120 Å². The highest BCUT2D eigenvalue weighted by Gasteiger charge is 2.38. The van der Waals surface area contributed by atoms with Crippen molar-refractivity contribution in [3.63, 3.8) is 0 Å². The van der Waals surface area contributed by atoms with E-state index in [0.717, 1.165) is 24.9 Å². The van der Waals surface area contributed by atoms with Gasteiger partial charge in [-0.1, -0.05) is 54.1 Å². The quantitative estimate of drug-likeness (QED) is 0.919. The molecule has 0 amide bonds. The number of rotatable bonds is 3. The summed E-state index contributed by atoms with van der Waals surface area (Å²) < 4.78 is 0. The van der Waals surface area contributed by atoms with Crippen molar-refractivity contribution >= 4 is 0 Å². The molecule has 1 aliphatic carbocycles. The van der Waals surface area contributed by atoms with Crippen LogP contribution in [0.2, 0.25) is 0 Å². The van der Waals surface area contributed by atoms with Crippen LogP contribution < -0.4 is 5.32 Å². The molecule has 100 valence electrons. The Hall–Kier alpha value is -2.11. The molecule has 1 atom stereocenters. The predicted octanol–water partition coefficient (Wildman–Crippen LogP) is 3.45. The average molecular weight is 262 g/mol. The standard InChI is InChI=1S/C18H18N2/c1-14-7-8-16-9-10-18(13-19,17(16)11-14)20-12-15-5-3-2-4-6-15/h2-8,11,20H,9-10,12H2,1H3. The average Bonchev–Trinajstić information content (AvgIpc) is 2.85. The van der Waals surface area contributed by atoms with Gasteiger partial charge in [-0.15, -0.1) is 0 Å². The van der Waals surface area contributed by atoms with E-state index in [4.69, 9.17) is 0 Å². The van der Waals surface area contributed by atoms with Gasteiger partial charge < -0.3 is 0 Å². The molecule has 2 aromatic carbocycles.